The highest BCUT2D eigenvalue weighted by atomic mass is 35.5. The fraction of sp³-hybridized carbons (Fsp3) is 0.529. The van der Waals surface area contributed by atoms with Gasteiger partial charge in [0.05, 0.1) is 11.6 Å². The van der Waals surface area contributed by atoms with E-state index in [0.717, 1.165) is 19.3 Å². The third kappa shape index (κ3) is 3.99. The predicted molar refractivity (Wildman–Crippen MR) is 91.4 cm³/mol. The Morgan fingerprint density at radius 1 is 1.32 bits per heavy atom. The van der Waals surface area contributed by atoms with Crippen LogP contribution >= 0.6 is 11.6 Å². The second kappa shape index (κ2) is 7.49. The summed E-state index contributed by atoms with van der Waals surface area (Å²) in [5.41, 5.74) is 0.478. The summed E-state index contributed by atoms with van der Waals surface area (Å²) in [6.07, 6.45) is 2.45. The number of carboxylic acids is 1. The number of aliphatic carboxylic acids is 1. The summed E-state index contributed by atoms with van der Waals surface area (Å²) in [6.45, 7) is 1.34. The Bertz CT molecular complexity index is 681. The summed E-state index contributed by atoms with van der Waals surface area (Å²) in [6, 6.07) is 3.43. The van der Waals surface area contributed by atoms with Gasteiger partial charge in [0.1, 0.15) is 0 Å². The normalized spacial score (nSPS) is 19.8. The first-order valence-electron chi connectivity index (χ1n) is 8.26. The molecule has 2 aliphatic heterocycles. The van der Waals surface area contributed by atoms with Gasteiger partial charge in [0, 0.05) is 24.7 Å². The molecule has 2 heterocycles. The van der Waals surface area contributed by atoms with Gasteiger partial charge in [0.15, 0.2) is 11.5 Å². The number of carbonyl (C=O) groups is 2. The van der Waals surface area contributed by atoms with Gasteiger partial charge in [0.25, 0.3) is 5.91 Å². The van der Waals surface area contributed by atoms with Crippen LogP contribution in [0.5, 0.6) is 11.5 Å². The second-order valence-electron chi connectivity index (χ2n) is 6.38. The molecule has 1 saturated heterocycles. The largest absolute Gasteiger partial charge is 0.480 e. The van der Waals surface area contributed by atoms with Crippen molar-refractivity contribution in [3.63, 3.8) is 0 Å². The van der Waals surface area contributed by atoms with Gasteiger partial charge < -0.3 is 19.5 Å². The van der Waals surface area contributed by atoms with Crippen LogP contribution in [0.15, 0.2) is 12.1 Å². The molecule has 2 aliphatic rings. The average molecular weight is 369 g/mol. The van der Waals surface area contributed by atoms with Crippen LogP contribution in [-0.2, 0) is 4.79 Å². The average Bonchev–Trinajstić information content (AvgIpc) is 2.90. The Balaban J connectivity index is 1.67. The Hall–Kier alpha value is -1.99. The first-order chi connectivity index (χ1) is 12.0. The summed E-state index contributed by atoms with van der Waals surface area (Å²) < 4.78 is 10.6. The molecule has 8 heteroatoms. The first-order valence-corrected chi connectivity index (χ1v) is 8.64. The lowest BCUT2D eigenvalue weighted by molar-refractivity contribution is -0.138. The van der Waals surface area contributed by atoms with Crippen molar-refractivity contribution in [2.75, 3.05) is 33.5 Å². The Labute approximate surface area is 151 Å². The van der Waals surface area contributed by atoms with Crippen molar-refractivity contribution >= 4 is 23.5 Å². The van der Waals surface area contributed by atoms with Crippen LogP contribution < -0.4 is 9.47 Å². The highest BCUT2D eigenvalue weighted by Gasteiger charge is 2.27. The van der Waals surface area contributed by atoms with E-state index < -0.39 is 5.97 Å². The van der Waals surface area contributed by atoms with Crippen LogP contribution in [0, 0.1) is 0 Å². The summed E-state index contributed by atoms with van der Waals surface area (Å²) in [5, 5.41) is 9.30. The SMILES string of the molecule is CN(CC(=O)O)C1CCCN(C(=O)c2cc(Cl)c3c(c2)OCO3)CC1. The summed E-state index contributed by atoms with van der Waals surface area (Å²) >= 11 is 6.17. The lowest BCUT2D eigenvalue weighted by atomic mass is 10.1. The highest BCUT2D eigenvalue weighted by molar-refractivity contribution is 6.32. The fourth-order valence-electron chi connectivity index (χ4n) is 3.34. The number of carbonyl (C=O) groups excluding carboxylic acids is 1. The third-order valence-electron chi connectivity index (χ3n) is 4.67. The number of rotatable bonds is 4. The molecule has 0 saturated carbocycles. The van der Waals surface area contributed by atoms with Gasteiger partial charge in [-0.25, -0.2) is 0 Å². The molecular weight excluding hydrogens is 348 g/mol. The molecule has 0 radical (unpaired) electrons. The Morgan fingerprint density at radius 3 is 2.88 bits per heavy atom. The number of likely N-dealkylation sites (N-methyl/N-ethyl adjacent to an activating group) is 1. The van der Waals surface area contributed by atoms with Gasteiger partial charge in [-0.2, -0.15) is 0 Å². The number of halogens is 1. The molecular formula is C17H21ClN2O5. The van der Waals surface area contributed by atoms with Gasteiger partial charge >= 0.3 is 5.97 Å². The molecule has 7 nitrogen and oxygen atoms in total. The molecule has 136 valence electrons. The molecule has 25 heavy (non-hydrogen) atoms. The number of hydrogen-bond acceptors (Lipinski definition) is 5. The highest BCUT2D eigenvalue weighted by Crippen LogP contribution is 2.40. The summed E-state index contributed by atoms with van der Waals surface area (Å²) in [7, 11) is 1.81. The molecule has 1 aromatic carbocycles. The molecule has 0 spiro atoms. The lowest BCUT2D eigenvalue weighted by Gasteiger charge is -2.25. The minimum absolute atomic E-state index is 0.0103. The number of hydrogen-bond donors (Lipinski definition) is 1. The van der Waals surface area contributed by atoms with Gasteiger partial charge in [-0.1, -0.05) is 11.6 Å². The van der Waals surface area contributed by atoms with E-state index in [-0.39, 0.29) is 25.3 Å². The van der Waals surface area contributed by atoms with E-state index in [1.807, 2.05) is 11.9 Å². The maximum absolute atomic E-state index is 12.8. The van der Waals surface area contributed by atoms with E-state index in [2.05, 4.69) is 0 Å². The van der Waals surface area contributed by atoms with Crippen molar-refractivity contribution in [2.45, 2.75) is 25.3 Å². The Kier molecular flexibility index (Phi) is 5.34. The van der Waals surface area contributed by atoms with Crippen LogP contribution in [0.1, 0.15) is 29.6 Å². The molecule has 1 N–H and O–H groups in total. The molecule has 1 amide bonds. The van der Waals surface area contributed by atoms with Crippen molar-refractivity contribution in [2.24, 2.45) is 0 Å². The third-order valence-corrected chi connectivity index (χ3v) is 4.95. The quantitative estimate of drug-likeness (QED) is 0.876. The van der Waals surface area contributed by atoms with Crippen molar-refractivity contribution in [1.29, 1.82) is 0 Å². The number of amides is 1. The molecule has 1 fully saturated rings. The number of carboxylic acid groups (broad SMARTS) is 1. The van der Waals surface area contributed by atoms with Crippen LogP contribution in [0.4, 0.5) is 0 Å². The second-order valence-corrected chi connectivity index (χ2v) is 6.78. The molecule has 3 rings (SSSR count). The minimum atomic E-state index is -0.838. The van der Waals surface area contributed by atoms with Crippen LogP contribution in [0.25, 0.3) is 0 Å². The van der Waals surface area contributed by atoms with E-state index >= 15 is 0 Å². The summed E-state index contributed by atoms with van der Waals surface area (Å²) in [4.78, 5) is 27.3. The van der Waals surface area contributed by atoms with E-state index in [1.54, 1.807) is 17.0 Å². The maximum Gasteiger partial charge on any atom is 0.317 e. The van der Waals surface area contributed by atoms with Crippen molar-refractivity contribution in [3.05, 3.63) is 22.7 Å². The predicted octanol–water partition coefficient (Wildman–Crippen LogP) is 2.08. The zero-order valence-electron chi connectivity index (χ0n) is 14.0. The smallest absolute Gasteiger partial charge is 0.317 e. The maximum atomic E-state index is 12.8. The zero-order valence-corrected chi connectivity index (χ0v) is 14.8. The molecule has 0 aliphatic carbocycles. The van der Waals surface area contributed by atoms with Crippen LogP contribution in [0.2, 0.25) is 5.02 Å². The van der Waals surface area contributed by atoms with Gasteiger partial charge in [-0.3, -0.25) is 14.5 Å². The molecule has 1 unspecified atom stereocenters. The van der Waals surface area contributed by atoms with E-state index in [9.17, 15) is 9.59 Å². The van der Waals surface area contributed by atoms with Crippen LogP contribution in [0.3, 0.4) is 0 Å². The summed E-state index contributed by atoms with van der Waals surface area (Å²) in [5.74, 6) is 0.0330. The lowest BCUT2D eigenvalue weighted by Crippen LogP contribution is -2.37. The number of benzene rings is 1. The monoisotopic (exact) mass is 368 g/mol. The van der Waals surface area contributed by atoms with Crippen molar-refractivity contribution < 1.29 is 24.2 Å². The van der Waals surface area contributed by atoms with Gasteiger partial charge in [0.2, 0.25) is 6.79 Å². The molecule has 1 atom stereocenters. The van der Waals surface area contributed by atoms with Gasteiger partial charge in [-0.05, 0) is 38.4 Å². The fourth-order valence-corrected chi connectivity index (χ4v) is 3.60. The van der Waals surface area contributed by atoms with E-state index in [4.69, 9.17) is 26.2 Å². The molecule has 0 aromatic heterocycles. The first kappa shape index (κ1) is 17.8. The zero-order chi connectivity index (χ0) is 18.0. The van der Waals surface area contributed by atoms with Gasteiger partial charge in [-0.15, -0.1) is 0 Å². The van der Waals surface area contributed by atoms with E-state index in [0.29, 0.717) is 35.2 Å². The van der Waals surface area contributed by atoms with E-state index in [1.165, 1.54) is 0 Å². The number of likely N-dealkylation sites (tertiary alicyclic amines) is 1. The van der Waals surface area contributed by atoms with Crippen molar-refractivity contribution in [1.82, 2.24) is 9.80 Å². The minimum Gasteiger partial charge on any atom is -0.480 e. The number of nitrogens with zero attached hydrogens (tertiary/aromatic N) is 2. The standard InChI is InChI=1S/C17H21ClN2O5/c1-19(9-15(21)22)12-3-2-5-20(6-4-12)17(23)11-7-13(18)16-14(8-11)24-10-25-16/h7-8,12H,2-6,9-10H2,1H3,(H,21,22). The molecule has 0 bridgehead atoms. The van der Waals surface area contributed by atoms with Crippen molar-refractivity contribution in [3.8, 4) is 11.5 Å². The number of fused-ring (bicyclic) bond motifs is 1. The topological polar surface area (TPSA) is 79.3 Å². The van der Waals surface area contributed by atoms with Crippen LogP contribution in [-0.4, -0.2) is 66.3 Å². The number of ether oxygens (including phenoxy) is 2. The Morgan fingerprint density at radius 2 is 2.12 bits per heavy atom. The molecule has 1 aromatic rings.